The number of hydrogen-bond acceptors (Lipinski definition) is 2. The van der Waals surface area contributed by atoms with Gasteiger partial charge in [0, 0.05) is 16.6 Å². The molecule has 0 saturated carbocycles. The van der Waals surface area contributed by atoms with Gasteiger partial charge in [0.05, 0.1) is 11.8 Å². The maximum atomic E-state index is 13.6. The number of aromatic nitrogens is 2. The highest BCUT2D eigenvalue weighted by Gasteiger charge is 2.15. The molecule has 1 amide bonds. The molecule has 1 heterocycles. The number of nitrogens with one attached hydrogen (secondary N) is 1. The van der Waals surface area contributed by atoms with Crippen LogP contribution in [0.3, 0.4) is 0 Å². The van der Waals surface area contributed by atoms with Gasteiger partial charge in [-0.1, -0.05) is 15.9 Å². The standard InChI is InChI=1S/C13H13BrFN3O/c1-8(2)18-12(5-6-16-18)17-13(19)10-7-9(14)3-4-11(10)15/h3-8H,1-2H3,(H,17,19). The lowest BCUT2D eigenvalue weighted by atomic mass is 10.2. The fourth-order valence-electron chi connectivity index (χ4n) is 1.68. The van der Waals surface area contributed by atoms with Crippen LogP contribution in [0.25, 0.3) is 0 Å². The van der Waals surface area contributed by atoms with Crippen molar-refractivity contribution in [2.45, 2.75) is 19.9 Å². The first-order chi connectivity index (χ1) is 8.99. The molecule has 0 unspecified atom stereocenters. The van der Waals surface area contributed by atoms with E-state index in [1.54, 1.807) is 23.0 Å². The van der Waals surface area contributed by atoms with Crippen molar-refractivity contribution in [2.24, 2.45) is 0 Å². The van der Waals surface area contributed by atoms with Gasteiger partial charge < -0.3 is 5.32 Å². The molecule has 1 N–H and O–H groups in total. The Morgan fingerprint density at radius 2 is 2.16 bits per heavy atom. The highest BCUT2D eigenvalue weighted by molar-refractivity contribution is 9.10. The van der Waals surface area contributed by atoms with Crippen LogP contribution >= 0.6 is 15.9 Å². The van der Waals surface area contributed by atoms with E-state index in [2.05, 4.69) is 26.3 Å². The van der Waals surface area contributed by atoms with Gasteiger partial charge in [-0.15, -0.1) is 0 Å². The molecule has 2 rings (SSSR count). The van der Waals surface area contributed by atoms with Gasteiger partial charge in [0.2, 0.25) is 0 Å². The molecule has 19 heavy (non-hydrogen) atoms. The maximum Gasteiger partial charge on any atom is 0.259 e. The average molecular weight is 326 g/mol. The van der Waals surface area contributed by atoms with Gasteiger partial charge in [-0.25, -0.2) is 9.07 Å². The molecule has 0 saturated heterocycles. The molecule has 0 aliphatic carbocycles. The molecule has 100 valence electrons. The number of anilines is 1. The van der Waals surface area contributed by atoms with Crippen LogP contribution in [0.2, 0.25) is 0 Å². The third-order valence-corrected chi connectivity index (χ3v) is 3.07. The second kappa shape index (κ2) is 5.52. The van der Waals surface area contributed by atoms with Crippen molar-refractivity contribution >= 4 is 27.7 Å². The van der Waals surface area contributed by atoms with E-state index in [-0.39, 0.29) is 11.6 Å². The Hall–Kier alpha value is -1.69. The lowest BCUT2D eigenvalue weighted by Crippen LogP contribution is -2.17. The zero-order valence-corrected chi connectivity index (χ0v) is 12.1. The van der Waals surface area contributed by atoms with Gasteiger partial charge in [-0.2, -0.15) is 5.10 Å². The van der Waals surface area contributed by atoms with E-state index in [4.69, 9.17) is 0 Å². The number of rotatable bonds is 3. The molecule has 4 nitrogen and oxygen atoms in total. The summed E-state index contributed by atoms with van der Waals surface area (Å²) >= 11 is 3.22. The Kier molecular flexibility index (Phi) is 3.99. The first-order valence-electron chi connectivity index (χ1n) is 5.79. The van der Waals surface area contributed by atoms with Crippen molar-refractivity contribution in [3.8, 4) is 0 Å². The molecule has 0 radical (unpaired) electrons. The van der Waals surface area contributed by atoms with Crippen molar-refractivity contribution in [3.05, 3.63) is 46.3 Å². The van der Waals surface area contributed by atoms with E-state index >= 15 is 0 Å². The summed E-state index contributed by atoms with van der Waals surface area (Å²) in [4.78, 5) is 12.0. The molecular weight excluding hydrogens is 313 g/mol. The summed E-state index contributed by atoms with van der Waals surface area (Å²) in [5.41, 5.74) is -0.00844. The molecule has 2 aromatic rings. The number of hydrogen-bond donors (Lipinski definition) is 1. The number of amides is 1. The molecule has 0 aliphatic heterocycles. The molecule has 1 aromatic carbocycles. The number of carbonyl (C=O) groups excluding carboxylic acids is 1. The van der Waals surface area contributed by atoms with E-state index in [0.717, 1.165) is 0 Å². The van der Waals surface area contributed by atoms with Crippen LogP contribution in [0.15, 0.2) is 34.9 Å². The Balaban J connectivity index is 2.26. The number of carbonyl (C=O) groups is 1. The van der Waals surface area contributed by atoms with Crippen molar-refractivity contribution in [1.29, 1.82) is 0 Å². The van der Waals surface area contributed by atoms with Crippen LogP contribution < -0.4 is 5.32 Å². The fourth-order valence-corrected chi connectivity index (χ4v) is 2.04. The van der Waals surface area contributed by atoms with Crippen LogP contribution in [-0.2, 0) is 0 Å². The van der Waals surface area contributed by atoms with Crippen molar-refractivity contribution in [2.75, 3.05) is 5.32 Å². The third-order valence-electron chi connectivity index (χ3n) is 2.57. The van der Waals surface area contributed by atoms with Gasteiger partial charge in [0.25, 0.3) is 5.91 Å². The Labute approximate surface area is 118 Å². The highest BCUT2D eigenvalue weighted by Crippen LogP contribution is 2.18. The predicted molar refractivity (Wildman–Crippen MR) is 74.7 cm³/mol. The normalized spacial score (nSPS) is 10.8. The predicted octanol–water partition coefficient (Wildman–Crippen LogP) is 3.62. The summed E-state index contributed by atoms with van der Waals surface area (Å²) in [6.07, 6.45) is 1.59. The van der Waals surface area contributed by atoms with E-state index < -0.39 is 11.7 Å². The van der Waals surface area contributed by atoms with E-state index in [1.807, 2.05) is 13.8 Å². The molecule has 0 bridgehead atoms. The summed E-state index contributed by atoms with van der Waals surface area (Å²) in [6.45, 7) is 3.89. The summed E-state index contributed by atoms with van der Waals surface area (Å²) in [6, 6.07) is 6.02. The topological polar surface area (TPSA) is 46.9 Å². The average Bonchev–Trinajstić information content (AvgIpc) is 2.80. The van der Waals surface area contributed by atoms with E-state index in [9.17, 15) is 9.18 Å². The first-order valence-corrected chi connectivity index (χ1v) is 6.58. The molecular formula is C13H13BrFN3O. The Morgan fingerprint density at radius 1 is 1.42 bits per heavy atom. The Bertz CT molecular complexity index is 610. The van der Waals surface area contributed by atoms with Gasteiger partial charge in [-0.05, 0) is 32.0 Å². The molecule has 6 heteroatoms. The molecule has 1 aromatic heterocycles. The maximum absolute atomic E-state index is 13.6. The van der Waals surface area contributed by atoms with Crippen LogP contribution in [0.5, 0.6) is 0 Å². The van der Waals surface area contributed by atoms with Gasteiger partial charge in [0.1, 0.15) is 11.6 Å². The monoisotopic (exact) mass is 325 g/mol. The first kappa shape index (κ1) is 13.7. The zero-order valence-electron chi connectivity index (χ0n) is 10.5. The Morgan fingerprint density at radius 3 is 2.84 bits per heavy atom. The van der Waals surface area contributed by atoms with Crippen LogP contribution in [0.1, 0.15) is 30.2 Å². The van der Waals surface area contributed by atoms with Crippen LogP contribution in [-0.4, -0.2) is 15.7 Å². The van der Waals surface area contributed by atoms with Crippen molar-refractivity contribution in [3.63, 3.8) is 0 Å². The SMILES string of the molecule is CC(C)n1nccc1NC(=O)c1cc(Br)ccc1F. The van der Waals surface area contributed by atoms with Gasteiger partial charge >= 0.3 is 0 Å². The van der Waals surface area contributed by atoms with Gasteiger partial charge in [0.15, 0.2) is 0 Å². The van der Waals surface area contributed by atoms with E-state index in [1.165, 1.54) is 12.1 Å². The quantitative estimate of drug-likeness (QED) is 0.936. The summed E-state index contributed by atoms with van der Waals surface area (Å²) in [7, 11) is 0. The molecule has 0 atom stereocenters. The van der Waals surface area contributed by atoms with Crippen molar-refractivity contribution in [1.82, 2.24) is 9.78 Å². The molecule has 0 aliphatic rings. The van der Waals surface area contributed by atoms with Crippen molar-refractivity contribution < 1.29 is 9.18 Å². The summed E-state index contributed by atoms with van der Waals surface area (Å²) < 4.78 is 15.9. The minimum Gasteiger partial charge on any atom is -0.307 e. The summed E-state index contributed by atoms with van der Waals surface area (Å²) in [5, 5.41) is 6.76. The zero-order chi connectivity index (χ0) is 14.0. The minimum atomic E-state index is -0.559. The lowest BCUT2D eigenvalue weighted by Gasteiger charge is -2.12. The van der Waals surface area contributed by atoms with Crippen LogP contribution in [0, 0.1) is 5.82 Å². The highest BCUT2D eigenvalue weighted by atomic mass is 79.9. The molecule has 0 fully saturated rings. The third kappa shape index (κ3) is 3.01. The largest absolute Gasteiger partial charge is 0.307 e. The minimum absolute atomic E-state index is 0.00844. The number of halogens is 2. The molecule has 0 spiro atoms. The number of nitrogens with zero attached hydrogens (tertiary/aromatic N) is 2. The van der Waals surface area contributed by atoms with E-state index in [0.29, 0.717) is 10.3 Å². The lowest BCUT2D eigenvalue weighted by molar-refractivity contribution is 0.102. The smallest absolute Gasteiger partial charge is 0.259 e. The summed E-state index contributed by atoms with van der Waals surface area (Å²) in [5.74, 6) is -0.517. The second-order valence-corrected chi connectivity index (χ2v) is 5.25. The fraction of sp³-hybridized carbons (Fsp3) is 0.231. The van der Waals surface area contributed by atoms with Gasteiger partial charge in [-0.3, -0.25) is 4.79 Å². The number of benzene rings is 1. The second-order valence-electron chi connectivity index (χ2n) is 4.33. The van der Waals surface area contributed by atoms with Crippen LogP contribution in [0.4, 0.5) is 10.2 Å².